The number of carbonyl (C=O) groups excluding carboxylic acids is 1. The van der Waals surface area contributed by atoms with Crippen LogP contribution in [0.25, 0.3) is 0 Å². The fraction of sp³-hybridized carbons (Fsp3) is 0.455. The van der Waals surface area contributed by atoms with Crippen LogP contribution in [0.2, 0.25) is 0 Å². The van der Waals surface area contributed by atoms with Crippen molar-refractivity contribution in [1.82, 2.24) is 9.88 Å². The lowest BCUT2D eigenvalue weighted by molar-refractivity contribution is 0.0768. The Balaban J connectivity index is 2.45. The van der Waals surface area contributed by atoms with Crippen molar-refractivity contribution in [3.63, 3.8) is 0 Å². The molecule has 8 heteroatoms. The smallest absolute Gasteiger partial charge is 0.258 e. The molecule has 0 saturated carbocycles. The highest BCUT2D eigenvalue weighted by molar-refractivity contribution is 8.63. The molecule has 0 bridgehead atoms. The summed E-state index contributed by atoms with van der Waals surface area (Å²) < 4.78 is 0. The summed E-state index contributed by atoms with van der Waals surface area (Å²) in [6, 6.07) is 1.99. The van der Waals surface area contributed by atoms with Gasteiger partial charge in [0.15, 0.2) is 0 Å². The highest BCUT2D eigenvalue weighted by atomic mass is 32.6. The van der Waals surface area contributed by atoms with E-state index in [1.54, 1.807) is 6.20 Å². The third-order valence-corrected chi connectivity index (χ3v) is 13.1. The van der Waals surface area contributed by atoms with Crippen LogP contribution in [0.3, 0.4) is 0 Å². The largest absolute Gasteiger partial charge is 0.368 e. The van der Waals surface area contributed by atoms with Gasteiger partial charge in [0.2, 0.25) is 0 Å². The molecule has 1 aliphatic rings. The summed E-state index contributed by atoms with van der Waals surface area (Å²) in [5.74, 6) is 0.877. The highest BCUT2D eigenvalue weighted by Crippen LogP contribution is 2.65. The molecule has 104 valence electrons. The second kappa shape index (κ2) is 7.24. The lowest BCUT2D eigenvalue weighted by Gasteiger charge is -2.21. The average molecular weight is 333 g/mol. The van der Waals surface area contributed by atoms with E-state index in [0.717, 1.165) is 50.7 Å². The molecule has 4 atom stereocenters. The fourth-order valence-corrected chi connectivity index (χ4v) is 5.80. The predicted molar refractivity (Wildman–Crippen MR) is 93.2 cm³/mol. The van der Waals surface area contributed by atoms with E-state index in [4.69, 9.17) is 0 Å². The van der Waals surface area contributed by atoms with Crippen LogP contribution in [0, 0.1) is 0 Å². The lowest BCUT2D eigenvalue weighted by Crippen LogP contribution is -2.34. The second-order valence-electron chi connectivity index (χ2n) is 4.27. The van der Waals surface area contributed by atoms with Crippen LogP contribution in [0.15, 0.2) is 12.3 Å². The highest BCUT2D eigenvalue weighted by Gasteiger charge is 2.27. The van der Waals surface area contributed by atoms with Crippen molar-refractivity contribution in [3.05, 3.63) is 17.8 Å². The molecule has 1 aromatic heterocycles. The number of hydrogen-bond donors (Lipinski definition) is 1. The van der Waals surface area contributed by atoms with E-state index >= 15 is 0 Å². The molecule has 0 saturated heterocycles. The summed E-state index contributed by atoms with van der Waals surface area (Å²) in [6.45, 7) is 4.43. The second-order valence-corrected chi connectivity index (χ2v) is 13.4. The molecule has 2 rings (SSSR count). The molecule has 4 unspecified atom stereocenters. The Hall–Kier alpha value is 0.140. The number of pyridine rings is 1. The zero-order valence-electron chi connectivity index (χ0n) is 10.9. The van der Waals surface area contributed by atoms with Gasteiger partial charge in [-0.05, 0) is 19.8 Å². The van der Waals surface area contributed by atoms with E-state index in [1.165, 1.54) is 0 Å². The minimum Gasteiger partial charge on any atom is -0.368 e. The van der Waals surface area contributed by atoms with E-state index in [9.17, 15) is 4.79 Å². The van der Waals surface area contributed by atoms with Gasteiger partial charge in [0.25, 0.3) is 5.91 Å². The van der Waals surface area contributed by atoms with Gasteiger partial charge in [-0.1, -0.05) is 14.9 Å². The maximum Gasteiger partial charge on any atom is 0.258 e. The Kier molecular flexibility index (Phi) is 5.91. The van der Waals surface area contributed by atoms with Crippen molar-refractivity contribution in [2.24, 2.45) is 0 Å². The molecule has 0 aromatic carbocycles. The summed E-state index contributed by atoms with van der Waals surface area (Å²) in [5, 5.41) is 4.42. The van der Waals surface area contributed by atoms with Crippen molar-refractivity contribution < 1.29 is 4.79 Å². The summed E-state index contributed by atoms with van der Waals surface area (Å²) in [7, 11) is 6.02. The minimum atomic E-state index is -0.375. The normalized spacial score (nSPS) is 17.2. The molecular weight excluding hydrogens is 314 g/mol. The number of fused-ring (bicyclic) bond motifs is 1. The average Bonchev–Trinajstić information content (AvgIpc) is 2.59. The zero-order chi connectivity index (χ0) is 13.8. The standard InChI is InChI=1S/C11H19N3OP4/c1-2-6-14-7-5-13-10-9(11(14)15)8(3-4-12-10)19(17)18-16/h3-4,18H,2,5-7,16-17H2,1H3,(H,12,13). The fourth-order valence-electron chi connectivity index (χ4n) is 2.12. The summed E-state index contributed by atoms with van der Waals surface area (Å²) in [5.41, 5.74) is 0.782. The van der Waals surface area contributed by atoms with Crippen LogP contribution in [0.1, 0.15) is 23.7 Å². The van der Waals surface area contributed by atoms with Crippen molar-refractivity contribution in [3.8, 4) is 0 Å². The van der Waals surface area contributed by atoms with Crippen LogP contribution >= 0.6 is 33.1 Å². The first-order valence-corrected chi connectivity index (χ1v) is 12.8. The van der Waals surface area contributed by atoms with E-state index in [2.05, 4.69) is 35.1 Å². The van der Waals surface area contributed by atoms with Gasteiger partial charge in [0.1, 0.15) is 5.82 Å². The third kappa shape index (κ3) is 3.43. The number of nitrogens with zero attached hydrogens (tertiary/aromatic N) is 2. The van der Waals surface area contributed by atoms with E-state index in [1.807, 2.05) is 11.0 Å². The van der Waals surface area contributed by atoms with Crippen molar-refractivity contribution >= 4 is 50.1 Å². The molecule has 1 aromatic rings. The number of carbonyl (C=O) groups is 1. The van der Waals surface area contributed by atoms with E-state index in [0.29, 0.717) is 0 Å². The Labute approximate surface area is 121 Å². The van der Waals surface area contributed by atoms with Gasteiger partial charge in [0.05, 0.1) is 5.56 Å². The van der Waals surface area contributed by atoms with Crippen LogP contribution < -0.4 is 10.6 Å². The number of rotatable bonds is 4. The Morgan fingerprint density at radius 2 is 2.42 bits per heavy atom. The Bertz CT molecular complexity index is 471. The number of aromatic nitrogens is 1. The van der Waals surface area contributed by atoms with Gasteiger partial charge >= 0.3 is 0 Å². The minimum absolute atomic E-state index is 0.128. The van der Waals surface area contributed by atoms with Gasteiger partial charge in [-0.25, -0.2) is 4.98 Å². The maximum absolute atomic E-state index is 12.7. The Morgan fingerprint density at radius 3 is 3.11 bits per heavy atom. The molecule has 1 N–H and O–H groups in total. The number of amides is 1. The first kappa shape index (κ1) is 15.5. The number of anilines is 1. The van der Waals surface area contributed by atoms with Gasteiger partial charge in [-0.3, -0.25) is 4.79 Å². The van der Waals surface area contributed by atoms with Gasteiger partial charge < -0.3 is 10.2 Å². The molecule has 1 amide bonds. The predicted octanol–water partition coefficient (Wildman–Crippen LogP) is 2.64. The lowest BCUT2D eigenvalue weighted by atomic mass is 10.2. The molecule has 0 spiro atoms. The summed E-state index contributed by atoms with van der Waals surface area (Å²) in [4.78, 5) is 19.0. The SMILES string of the molecule is CCCN1CCNc2nccc(P(P)PP)c2C1=O. The number of nitrogens with one attached hydrogen (secondary N) is 1. The van der Waals surface area contributed by atoms with Crippen molar-refractivity contribution in [2.45, 2.75) is 13.3 Å². The summed E-state index contributed by atoms with van der Waals surface area (Å²) >= 11 is 0. The first-order chi connectivity index (χ1) is 9.19. The molecule has 2 heterocycles. The van der Waals surface area contributed by atoms with Gasteiger partial charge in [-0.2, -0.15) is 0 Å². The van der Waals surface area contributed by atoms with Crippen LogP contribution in [-0.2, 0) is 0 Å². The van der Waals surface area contributed by atoms with E-state index in [-0.39, 0.29) is 13.2 Å². The molecule has 19 heavy (non-hydrogen) atoms. The quantitative estimate of drug-likeness (QED) is 0.862. The van der Waals surface area contributed by atoms with Gasteiger partial charge in [0, 0.05) is 31.1 Å². The van der Waals surface area contributed by atoms with Crippen LogP contribution in [0.4, 0.5) is 5.82 Å². The summed E-state index contributed by atoms with van der Waals surface area (Å²) in [6.07, 6.45) is 2.78. The molecule has 0 fully saturated rings. The van der Waals surface area contributed by atoms with Gasteiger partial charge in [-0.15, -0.1) is 17.9 Å². The maximum atomic E-state index is 12.7. The van der Waals surface area contributed by atoms with Crippen LogP contribution in [-0.4, -0.2) is 35.4 Å². The molecular formula is C11H19N3OP4. The monoisotopic (exact) mass is 333 g/mol. The van der Waals surface area contributed by atoms with Crippen LogP contribution in [0.5, 0.6) is 0 Å². The Morgan fingerprint density at radius 1 is 1.63 bits per heavy atom. The molecule has 0 radical (unpaired) electrons. The van der Waals surface area contributed by atoms with Crippen molar-refractivity contribution in [2.75, 3.05) is 25.0 Å². The molecule has 4 nitrogen and oxygen atoms in total. The van der Waals surface area contributed by atoms with E-state index < -0.39 is 0 Å². The topological polar surface area (TPSA) is 45.2 Å². The molecule has 0 aliphatic carbocycles. The first-order valence-electron chi connectivity index (χ1n) is 6.22. The third-order valence-electron chi connectivity index (χ3n) is 3.00. The van der Waals surface area contributed by atoms with Crippen molar-refractivity contribution in [1.29, 1.82) is 0 Å². The number of hydrogen-bond acceptors (Lipinski definition) is 3. The molecule has 1 aliphatic heterocycles. The zero-order valence-corrected chi connectivity index (χ0v) is 15.1.